The van der Waals surface area contributed by atoms with E-state index in [0.717, 1.165) is 11.3 Å². The van der Waals surface area contributed by atoms with Crippen molar-refractivity contribution in [3.63, 3.8) is 0 Å². The van der Waals surface area contributed by atoms with Crippen molar-refractivity contribution in [2.45, 2.75) is 25.9 Å². The molecule has 0 unspecified atom stereocenters. The molecule has 1 atom stereocenters. The highest BCUT2D eigenvalue weighted by Crippen LogP contribution is 2.16. The van der Waals surface area contributed by atoms with E-state index in [2.05, 4.69) is 10.3 Å². The van der Waals surface area contributed by atoms with Crippen LogP contribution in [-0.2, 0) is 16.4 Å². The zero-order valence-electron chi connectivity index (χ0n) is 11.7. The molecule has 6 nitrogen and oxygen atoms in total. The van der Waals surface area contributed by atoms with E-state index in [-0.39, 0.29) is 23.6 Å². The lowest BCUT2D eigenvalue weighted by Gasteiger charge is -2.23. The van der Waals surface area contributed by atoms with Gasteiger partial charge in [-0.2, -0.15) is 0 Å². The van der Waals surface area contributed by atoms with Crippen LogP contribution in [0.25, 0.3) is 0 Å². The average Bonchev–Trinajstić information content (AvgIpc) is 2.77. The summed E-state index contributed by atoms with van der Waals surface area (Å²) in [5.74, 6) is 0.222. The Kier molecular flexibility index (Phi) is 4.27. The highest BCUT2D eigenvalue weighted by atomic mass is 32.2. The third-order valence-electron chi connectivity index (χ3n) is 3.49. The molecule has 1 N–H and O–H groups in total. The second kappa shape index (κ2) is 5.78. The molecule has 0 aliphatic carbocycles. The number of rotatable bonds is 3. The number of carbonyl (C=O) groups is 1. The molecule has 0 saturated carbocycles. The van der Waals surface area contributed by atoms with Crippen molar-refractivity contribution in [1.82, 2.24) is 15.2 Å². The summed E-state index contributed by atoms with van der Waals surface area (Å²) in [5, 5.41) is 2.77. The number of nitrogens with one attached hydrogen (secondary N) is 1. The Bertz CT molecular complexity index is 583. The van der Waals surface area contributed by atoms with E-state index in [9.17, 15) is 13.2 Å². The molecular weight excluding hydrogens is 278 g/mol. The van der Waals surface area contributed by atoms with Crippen molar-refractivity contribution in [3.8, 4) is 0 Å². The van der Waals surface area contributed by atoms with E-state index in [1.54, 1.807) is 13.2 Å². The summed E-state index contributed by atoms with van der Waals surface area (Å²) in [4.78, 5) is 17.6. The first-order valence-corrected chi connectivity index (χ1v) is 8.32. The van der Waals surface area contributed by atoms with Crippen molar-refractivity contribution >= 4 is 15.9 Å². The van der Waals surface area contributed by atoms with Crippen molar-refractivity contribution in [3.05, 3.63) is 29.6 Å². The molecule has 1 saturated heterocycles. The lowest BCUT2D eigenvalue weighted by Crippen LogP contribution is -2.43. The summed E-state index contributed by atoms with van der Waals surface area (Å²) < 4.78 is 22.8. The van der Waals surface area contributed by atoms with Gasteiger partial charge < -0.3 is 10.2 Å². The molecule has 1 aromatic heterocycles. The van der Waals surface area contributed by atoms with E-state index in [1.165, 1.54) is 4.90 Å². The molecule has 0 aromatic carbocycles. The molecule has 2 amide bonds. The summed E-state index contributed by atoms with van der Waals surface area (Å²) in [5.41, 5.74) is 1.84. The van der Waals surface area contributed by atoms with Crippen LogP contribution in [-0.4, -0.2) is 48.9 Å². The number of sulfone groups is 1. The normalized spacial score (nSPS) is 20.6. The largest absolute Gasteiger partial charge is 0.334 e. The number of nitrogens with zero attached hydrogens (tertiary/aromatic N) is 2. The van der Waals surface area contributed by atoms with Crippen LogP contribution in [0.3, 0.4) is 0 Å². The van der Waals surface area contributed by atoms with Gasteiger partial charge in [-0.1, -0.05) is 6.07 Å². The van der Waals surface area contributed by atoms with E-state index in [1.807, 2.05) is 19.1 Å². The van der Waals surface area contributed by atoms with E-state index >= 15 is 0 Å². The van der Waals surface area contributed by atoms with Crippen LogP contribution in [0.2, 0.25) is 0 Å². The van der Waals surface area contributed by atoms with Gasteiger partial charge in [0.2, 0.25) is 0 Å². The van der Waals surface area contributed by atoms with Crippen molar-refractivity contribution in [2.24, 2.45) is 0 Å². The maximum absolute atomic E-state index is 12.0. The fraction of sp³-hybridized carbons (Fsp3) is 0.538. The lowest BCUT2D eigenvalue weighted by atomic mass is 10.2. The third-order valence-corrected chi connectivity index (χ3v) is 5.24. The summed E-state index contributed by atoms with van der Waals surface area (Å²) in [7, 11) is -1.34. The Hall–Kier alpha value is -1.63. The fourth-order valence-corrected chi connectivity index (χ4v) is 3.93. The van der Waals surface area contributed by atoms with E-state index in [4.69, 9.17) is 0 Å². The minimum atomic E-state index is -2.98. The number of urea groups is 1. The molecule has 1 aliphatic heterocycles. The van der Waals surface area contributed by atoms with Crippen LogP contribution >= 0.6 is 0 Å². The zero-order valence-corrected chi connectivity index (χ0v) is 12.5. The summed E-state index contributed by atoms with van der Waals surface area (Å²) in [6.07, 6.45) is 2.23. The molecule has 1 aromatic rings. The van der Waals surface area contributed by atoms with Crippen LogP contribution in [0.15, 0.2) is 18.3 Å². The van der Waals surface area contributed by atoms with Gasteiger partial charge in [0.1, 0.15) is 0 Å². The molecule has 20 heavy (non-hydrogen) atoms. The number of pyridine rings is 1. The van der Waals surface area contributed by atoms with Gasteiger partial charge in [0.25, 0.3) is 0 Å². The standard InChI is InChI=1S/C13H19N3O3S/c1-10-3-4-11(7-14-10)8-15-13(17)16(2)12-5-6-20(18,19)9-12/h3-4,7,12H,5-6,8-9H2,1-2H3,(H,15,17)/t12-/m1/s1. The minimum absolute atomic E-state index is 0.0585. The predicted octanol–water partition coefficient (Wildman–Crippen LogP) is 0.719. The van der Waals surface area contributed by atoms with Gasteiger partial charge in [-0.15, -0.1) is 0 Å². The Morgan fingerprint density at radius 2 is 2.25 bits per heavy atom. The number of hydrogen-bond acceptors (Lipinski definition) is 4. The summed E-state index contributed by atoms with van der Waals surface area (Å²) >= 11 is 0. The SMILES string of the molecule is Cc1ccc(CNC(=O)N(C)[C@@H]2CCS(=O)(=O)C2)cn1. The molecule has 7 heteroatoms. The van der Waals surface area contributed by atoms with Crippen LogP contribution in [0, 0.1) is 6.92 Å². The van der Waals surface area contributed by atoms with Gasteiger partial charge >= 0.3 is 6.03 Å². The highest BCUT2D eigenvalue weighted by Gasteiger charge is 2.32. The fourth-order valence-electron chi connectivity index (χ4n) is 2.15. The van der Waals surface area contributed by atoms with E-state index < -0.39 is 9.84 Å². The Morgan fingerprint density at radius 3 is 2.80 bits per heavy atom. The molecule has 2 heterocycles. The first-order chi connectivity index (χ1) is 9.37. The van der Waals surface area contributed by atoms with Gasteiger partial charge in [-0.3, -0.25) is 4.98 Å². The maximum Gasteiger partial charge on any atom is 0.317 e. The van der Waals surface area contributed by atoms with Gasteiger partial charge in [0.05, 0.1) is 11.5 Å². The third kappa shape index (κ3) is 3.69. The van der Waals surface area contributed by atoms with Crippen LogP contribution < -0.4 is 5.32 Å². The lowest BCUT2D eigenvalue weighted by molar-refractivity contribution is 0.194. The predicted molar refractivity (Wildman–Crippen MR) is 76.0 cm³/mol. The van der Waals surface area contributed by atoms with Crippen LogP contribution in [0.4, 0.5) is 4.79 Å². The molecule has 0 radical (unpaired) electrons. The van der Waals surface area contributed by atoms with Crippen LogP contribution in [0.5, 0.6) is 0 Å². The first-order valence-electron chi connectivity index (χ1n) is 6.50. The number of hydrogen-bond donors (Lipinski definition) is 1. The highest BCUT2D eigenvalue weighted by molar-refractivity contribution is 7.91. The van der Waals surface area contributed by atoms with Gasteiger partial charge in [-0.25, -0.2) is 13.2 Å². The second-order valence-electron chi connectivity index (χ2n) is 5.13. The van der Waals surface area contributed by atoms with E-state index in [0.29, 0.717) is 13.0 Å². The number of aryl methyl sites for hydroxylation is 1. The average molecular weight is 297 g/mol. The minimum Gasteiger partial charge on any atom is -0.334 e. The maximum atomic E-state index is 12.0. The van der Waals surface area contributed by atoms with Crippen LogP contribution in [0.1, 0.15) is 17.7 Å². The molecule has 1 fully saturated rings. The van der Waals surface area contributed by atoms with Crippen molar-refractivity contribution in [1.29, 1.82) is 0 Å². The molecule has 110 valence electrons. The molecule has 0 spiro atoms. The Balaban J connectivity index is 1.87. The van der Waals surface area contributed by atoms with Gasteiger partial charge in [0.15, 0.2) is 9.84 Å². The monoisotopic (exact) mass is 297 g/mol. The molecule has 0 bridgehead atoms. The number of amides is 2. The smallest absolute Gasteiger partial charge is 0.317 e. The Morgan fingerprint density at radius 1 is 1.50 bits per heavy atom. The van der Waals surface area contributed by atoms with Crippen molar-refractivity contribution < 1.29 is 13.2 Å². The second-order valence-corrected chi connectivity index (χ2v) is 7.36. The van der Waals surface area contributed by atoms with Gasteiger partial charge in [-0.05, 0) is 25.0 Å². The topological polar surface area (TPSA) is 79.4 Å². The number of carbonyl (C=O) groups excluding carboxylic acids is 1. The number of aromatic nitrogens is 1. The first kappa shape index (κ1) is 14.8. The summed E-state index contributed by atoms with van der Waals surface area (Å²) in [6, 6.07) is 3.31. The zero-order chi connectivity index (χ0) is 14.8. The Labute approximate surface area is 119 Å². The molecular formula is C13H19N3O3S. The quantitative estimate of drug-likeness (QED) is 0.891. The molecule has 1 aliphatic rings. The molecule has 2 rings (SSSR count). The summed E-state index contributed by atoms with van der Waals surface area (Å²) in [6.45, 7) is 2.28. The van der Waals surface area contributed by atoms with Gasteiger partial charge in [0, 0.05) is 31.5 Å². The van der Waals surface area contributed by atoms with Crippen molar-refractivity contribution in [2.75, 3.05) is 18.6 Å².